The van der Waals surface area contributed by atoms with E-state index in [9.17, 15) is 19.2 Å². The quantitative estimate of drug-likeness (QED) is 0.361. The molecule has 0 fully saturated rings. The van der Waals surface area contributed by atoms with Crippen LogP contribution in [-0.4, -0.2) is 54.0 Å². The summed E-state index contributed by atoms with van der Waals surface area (Å²) >= 11 is 0. The molecule has 3 amide bonds. The van der Waals surface area contributed by atoms with Crippen molar-refractivity contribution >= 4 is 23.7 Å². The molecule has 0 radical (unpaired) electrons. The van der Waals surface area contributed by atoms with Crippen molar-refractivity contribution in [2.75, 3.05) is 13.1 Å². The summed E-state index contributed by atoms with van der Waals surface area (Å²) in [5, 5.41) is 15.3. The molecule has 1 aromatic rings. The standard InChI is InChI=1S/C16H22N4O5/c1-10(15(24)19-9-14(22)23)20-13(21)8-18-16(25)12(17)7-11-5-3-2-4-6-11/h2-6,10,12H,7-9,17H2,1H3,(H,18,25)(H,19,24)(H,20,21)(H,22,23). The fraction of sp³-hybridized carbons (Fsp3) is 0.375. The molecule has 0 aromatic heterocycles. The van der Waals surface area contributed by atoms with Crippen molar-refractivity contribution in [2.45, 2.75) is 25.4 Å². The Morgan fingerprint density at radius 1 is 1.04 bits per heavy atom. The third-order valence-corrected chi connectivity index (χ3v) is 3.24. The number of carboxylic acids is 1. The molecular formula is C16H22N4O5. The maximum absolute atomic E-state index is 11.9. The molecule has 9 heteroatoms. The lowest BCUT2D eigenvalue weighted by molar-refractivity contribution is -0.138. The first-order valence-electron chi connectivity index (χ1n) is 7.65. The number of carbonyl (C=O) groups is 4. The summed E-state index contributed by atoms with van der Waals surface area (Å²) in [5.74, 6) is -2.89. The highest BCUT2D eigenvalue weighted by atomic mass is 16.4. The fourth-order valence-electron chi connectivity index (χ4n) is 1.93. The lowest BCUT2D eigenvalue weighted by atomic mass is 10.1. The number of aliphatic carboxylic acids is 1. The summed E-state index contributed by atoms with van der Waals surface area (Å²) in [5.41, 5.74) is 6.69. The zero-order valence-corrected chi connectivity index (χ0v) is 13.8. The molecule has 1 rings (SSSR count). The fourth-order valence-corrected chi connectivity index (χ4v) is 1.93. The van der Waals surface area contributed by atoms with Gasteiger partial charge in [0, 0.05) is 0 Å². The van der Waals surface area contributed by atoms with Crippen LogP contribution in [0.25, 0.3) is 0 Å². The van der Waals surface area contributed by atoms with E-state index in [0.29, 0.717) is 6.42 Å². The molecule has 6 N–H and O–H groups in total. The van der Waals surface area contributed by atoms with E-state index in [0.717, 1.165) is 5.56 Å². The minimum absolute atomic E-state index is 0.335. The average Bonchev–Trinajstić information content (AvgIpc) is 2.58. The van der Waals surface area contributed by atoms with Gasteiger partial charge < -0.3 is 26.8 Å². The summed E-state index contributed by atoms with van der Waals surface area (Å²) in [7, 11) is 0. The van der Waals surface area contributed by atoms with Gasteiger partial charge in [-0.15, -0.1) is 0 Å². The summed E-state index contributed by atoms with van der Waals surface area (Å²) in [6.45, 7) is 0.528. The van der Waals surface area contributed by atoms with Crippen LogP contribution in [-0.2, 0) is 25.6 Å². The minimum atomic E-state index is -1.19. The summed E-state index contributed by atoms with van der Waals surface area (Å²) in [6, 6.07) is 7.49. The zero-order chi connectivity index (χ0) is 18.8. The van der Waals surface area contributed by atoms with Crippen molar-refractivity contribution in [3.8, 4) is 0 Å². The number of benzene rings is 1. The molecule has 0 bridgehead atoms. The Balaban J connectivity index is 2.33. The highest BCUT2D eigenvalue weighted by Gasteiger charge is 2.18. The van der Waals surface area contributed by atoms with Gasteiger partial charge in [-0.25, -0.2) is 0 Å². The number of hydrogen-bond donors (Lipinski definition) is 5. The van der Waals surface area contributed by atoms with Gasteiger partial charge >= 0.3 is 5.97 Å². The molecular weight excluding hydrogens is 328 g/mol. The molecule has 0 saturated carbocycles. The molecule has 136 valence electrons. The molecule has 25 heavy (non-hydrogen) atoms. The topological polar surface area (TPSA) is 151 Å². The minimum Gasteiger partial charge on any atom is -0.480 e. The van der Waals surface area contributed by atoms with Crippen molar-refractivity contribution < 1.29 is 24.3 Å². The Labute approximate surface area is 145 Å². The number of hydrogen-bond acceptors (Lipinski definition) is 5. The van der Waals surface area contributed by atoms with Crippen molar-refractivity contribution in [3.63, 3.8) is 0 Å². The molecule has 2 atom stereocenters. The zero-order valence-electron chi connectivity index (χ0n) is 13.8. The van der Waals surface area contributed by atoms with Gasteiger partial charge in [0.1, 0.15) is 12.6 Å². The Morgan fingerprint density at radius 2 is 1.64 bits per heavy atom. The third-order valence-electron chi connectivity index (χ3n) is 3.24. The SMILES string of the molecule is CC(NC(=O)CNC(=O)C(N)Cc1ccccc1)C(=O)NCC(=O)O. The second-order valence-electron chi connectivity index (χ2n) is 5.41. The van der Waals surface area contributed by atoms with E-state index < -0.39 is 42.3 Å². The van der Waals surface area contributed by atoms with Crippen LogP contribution in [0.5, 0.6) is 0 Å². The Hall–Kier alpha value is -2.94. The molecule has 9 nitrogen and oxygen atoms in total. The third kappa shape index (κ3) is 7.93. The van der Waals surface area contributed by atoms with Crippen LogP contribution in [0.2, 0.25) is 0 Å². The van der Waals surface area contributed by atoms with E-state index in [-0.39, 0.29) is 6.54 Å². The number of carboxylic acid groups (broad SMARTS) is 1. The number of amides is 3. The second kappa shape index (κ2) is 10.0. The lowest BCUT2D eigenvalue weighted by Crippen LogP contribution is -2.50. The monoisotopic (exact) mass is 350 g/mol. The first-order valence-corrected chi connectivity index (χ1v) is 7.65. The Bertz CT molecular complexity index is 620. The van der Waals surface area contributed by atoms with Crippen LogP contribution >= 0.6 is 0 Å². The van der Waals surface area contributed by atoms with Crippen LogP contribution in [0.4, 0.5) is 0 Å². The van der Waals surface area contributed by atoms with Crippen LogP contribution in [0, 0.1) is 0 Å². The summed E-state index contributed by atoms with van der Waals surface area (Å²) < 4.78 is 0. The van der Waals surface area contributed by atoms with Gasteiger partial charge in [0.25, 0.3) is 0 Å². The smallest absolute Gasteiger partial charge is 0.322 e. The average molecular weight is 350 g/mol. The van der Waals surface area contributed by atoms with Gasteiger partial charge in [-0.2, -0.15) is 0 Å². The van der Waals surface area contributed by atoms with Crippen molar-refractivity contribution in [2.24, 2.45) is 5.73 Å². The van der Waals surface area contributed by atoms with Crippen LogP contribution in [0.3, 0.4) is 0 Å². The predicted molar refractivity (Wildman–Crippen MR) is 89.4 cm³/mol. The van der Waals surface area contributed by atoms with E-state index >= 15 is 0 Å². The molecule has 1 aromatic carbocycles. The van der Waals surface area contributed by atoms with Crippen LogP contribution in [0.15, 0.2) is 30.3 Å². The predicted octanol–water partition coefficient (Wildman–Crippen LogP) is -1.62. The van der Waals surface area contributed by atoms with E-state index in [1.807, 2.05) is 30.3 Å². The molecule has 0 aliphatic carbocycles. The van der Waals surface area contributed by atoms with Crippen molar-refractivity contribution in [3.05, 3.63) is 35.9 Å². The van der Waals surface area contributed by atoms with Gasteiger partial charge in [-0.05, 0) is 18.9 Å². The molecule has 0 aliphatic heterocycles. The molecule has 2 unspecified atom stereocenters. The maximum Gasteiger partial charge on any atom is 0.322 e. The second-order valence-corrected chi connectivity index (χ2v) is 5.41. The number of carbonyl (C=O) groups excluding carboxylic acids is 3. The number of nitrogens with one attached hydrogen (secondary N) is 3. The normalized spacial score (nSPS) is 12.6. The number of rotatable bonds is 9. The van der Waals surface area contributed by atoms with E-state index in [4.69, 9.17) is 10.8 Å². The van der Waals surface area contributed by atoms with Crippen LogP contribution in [0.1, 0.15) is 12.5 Å². The Kier molecular flexibility index (Phi) is 8.07. The van der Waals surface area contributed by atoms with Gasteiger partial charge in [0.05, 0.1) is 12.6 Å². The van der Waals surface area contributed by atoms with Crippen LogP contribution < -0.4 is 21.7 Å². The summed E-state index contributed by atoms with van der Waals surface area (Å²) in [6.07, 6.45) is 0.336. The first-order chi connectivity index (χ1) is 11.8. The maximum atomic E-state index is 11.9. The van der Waals surface area contributed by atoms with Gasteiger partial charge in [0.2, 0.25) is 17.7 Å². The highest BCUT2D eigenvalue weighted by Crippen LogP contribution is 2.01. The van der Waals surface area contributed by atoms with Gasteiger partial charge in [-0.3, -0.25) is 19.2 Å². The van der Waals surface area contributed by atoms with E-state index in [1.165, 1.54) is 6.92 Å². The van der Waals surface area contributed by atoms with Gasteiger partial charge in [0.15, 0.2) is 0 Å². The first kappa shape index (κ1) is 20.1. The molecule has 0 saturated heterocycles. The lowest BCUT2D eigenvalue weighted by Gasteiger charge is -2.15. The summed E-state index contributed by atoms with van der Waals surface area (Å²) in [4.78, 5) is 45.5. The van der Waals surface area contributed by atoms with Crippen molar-refractivity contribution in [1.29, 1.82) is 0 Å². The largest absolute Gasteiger partial charge is 0.480 e. The van der Waals surface area contributed by atoms with E-state index in [1.54, 1.807) is 0 Å². The molecule has 0 aliphatic rings. The Morgan fingerprint density at radius 3 is 2.24 bits per heavy atom. The number of nitrogens with two attached hydrogens (primary N) is 1. The highest BCUT2D eigenvalue weighted by molar-refractivity contribution is 5.91. The van der Waals surface area contributed by atoms with E-state index in [2.05, 4.69) is 16.0 Å². The molecule has 0 spiro atoms. The van der Waals surface area contributed by atoms with Crippen molar-refractivity contribution in [1.82, 2.24) is 16.0 Å². The molecule has 0 heterocycles. The van der Waals surface area contributed by atoms with Gasteiger partial charge in [-0.1, -0.05) is 30.3 Å².